The van der Waals surface area contributed by atoms with E-state index in [2.05, 4.69) is 15.9 Å². The molecule has 3 nitrogen and oxygen atoms in total. The molecule has 0 atom stereocenters. The van der Waals surface area contributed by atoms with Gasteiger partial charge in [0.25, 0.3) is 0 Å². The molecule has 1 fully saturated rings. The first-order valence-corrected chi connectivity index (χ1v) is 5.54. The molecule has 1 aromatic carbocycles. The number of hydrogen-bond acceptors (Lipinski definition) is 2. The smallest absolute Gasteiger partial charge is 0.309 e. The lowest BCUT2D eigenvalue weighted by Crippen LogP contribution is -2.17. The molecule has 1 saturated carbocycles. The van der Waals surface area contributed by atoms with Crippen LogP contribution in [0.4, 0.5) is 0 Å². The van der Waals surface area contributed by atoms with Crippen molar-refractivity contribution in [1.82, 2.24) is 0 Å². The molecule has 0 radical (unpaired) electrons. The number of phenolic OH excluding ortho intramolecular Hbond substituents is 1. The number of carboxylic acids is 1. The molecule has 2 rings (SSSR count). The molecule has 0 saturated heterocycles. The Morgan fingerprint density at radius 2 is 2.13 bits per heavy atom. The van der Waals surface area contributed by atoms with E-state index in [1.165, 1.54) is 0 Å². The van der Waals surface area contributed by atoms with Gasteiger partial charge in [0.05, 0.1) is 5.41 Å². The van der Waals surface area contributed by atoms with Crippen molar-refractivity contribution < 1.29 is 15.0 Å². The van der Waals surface area contributed by atoms with E-state index in [1.54, 1.807) is 18.2 Å². The van der Waals surface area contributed by atoms with Gasteiger partial charge in [0, 0.05) is 4.47 Å². The molecule has 15 heavy (non-hydrogen) atoms. The maximum atomic E-state index is 11.0. The van der Waals surface area contributed by atoms with Gasteiger partial charge < -0.3 is 10.2 Å². The largest absolute Gasteiger partial charge is 0.508 e. The van der Waals surface area contributed by atoms with Gasteiger partial charge in [-0.05, 0) is 43.0 Å². The number of hydrogen-bond donors (Lipinski definition) is 2. The highest BCUT2D eigenvalue weighted by Gasteiger charge is 2.50. The minimum atomic E-state index is -0.738. The summed E-state index contributed by atoms with van der Waals surface area (Å²) in [5, 5.41) is 18.4. The van der Waals surface area contributed by atoms with Crippen molar-refractivity contribution in [2.75, 3.05) is 0 Å². The molecule has 1 aromatic rings. The van der Waals surface area contributed by atoms with Gasteiger partial charge in [-0.25, -0.2) is 0 Å². The number of aromatic hydroxyl groups is 1. The summed E-state index contributed by atoms with van der Waals surface area (Å²) in [5.41, 5.74) is 0.269. The Morgan fingerprint density at radius 1 is 1.47 bits per heavy atom. The van der Waals surface area contributed by atoms with E-state index in [0.717, 1.165) is 22.9 Å². The molecular weight excluding hydrogens is 260 g/mol. The van der Waals surface area contributed by atoms with Crippen LogP contribution in [0.1, 0.15) is 18.4 Å². The zero-order valence-corrected chi connectivity index (χ0v) is 9.62. The summed E-state index contributed by atoms with van der Waals surface area (Å²) in [6, 6.07) is 4.93. The standard InChI is InChI=1S/C11H11BrO3/c12-9-2-1-8(13)5-7(9)6-11(3-4-11)10(14)15/h1-2,5,13H,3-4,6H2,(H,14,15). The van der Waals surface area contributed by atoms with Gasteiger partial charge >= 0.3 is 5.97 Å². The number of rotatable bonds is 3. The fourth-order valence-corrected chi connectivity index (χ4v) is 2.07. The summed E-state index contributed by atoms with van der Waals surface area (Å²) < 4.78 is 0.854. The highest BCUT2D eigenvalue weighted by Crippen LogP contribution is 2.49. The zero-order chi connectivity index (χ0) is 11.1. The molecule has 0 unspecified atom stereocenters. The number of aliphatic carboxylic acids is 1. The van der Waals surface area contributed by atoms with Crippen molar-refractivity contribution in [1.29, 1.82) is 0 Å². The van der Waals surface area contributed by atoms with E-state index in [0.29, 0.717) is 6.42 Å². The van der Waals surface area contributed by atoms with E-state index in [9.17, 15) is 9.90 Å². The molecule has 80 valence electrons. The lowest BCUT2D eigenvalue weighted by atomic mass is 9.96. The molecular formula is C11H11BrO3. The second-order valence-electron chi connectivity index (χ2n) is 4.04. The Morgan fingerprint density at radius 3 is 2.67 bits per heavy atom. The van der Waals surface area contributed by atoms with Crippen molar-refractivity contribution >= 4 is 21.9 Å². The fourth-order valence-electron chi connectivity index (χ4n) is 1.68. The van der Waals surface area contributed by atoms with Crippen LogP contribution in [0.2, 0.25) is 0 Å². The molecule has 0 aliphatic heterocycles. The van der Waals surface area contributed by atoms with E-state index in [1.807, 2.05) is 0 Å². The van der Waals surface area contributed by atoms with Crippen molar-refractivity contribution in [3.63, 3.8) is 0 Å². The Balaban J connectivity index is 2.24. The van der Waals surface area contributed by atoms with Gasteiger partial charge in [0.15, 0.2) is 0 Å². The van der Waals surface area contributed by atoms with Gasteiger partial charge in [0.1, 0.15) is 5.75 Å². The summed E-state index contributed by atoms with van der Waals surface area (Å²) in [7, 11) is 0. The quantitative estimate of drug-likeness (QED) is 0.888. The third kappa shape index (κ3) is 2.00. The number of carboxylic acid groups (broad SMARTS) is 1. The lowest BCUT2D eigenvalue weighted by molar-refractivity contribution is -0.143. The summed E-state index contributed by atoms with van der Waals surface area (Å²) in [5.74, 6) is -0.563. The molecule has 4 heteroatoms. The predicted octanol–water partition coefficient (Wildman–Crippen LogP) is 2.56. The Hall–Kier alpha value is -1.03. The normalized spacial score (nSPS) is 17.4. The van der Waals surface area contributed by atoms with Crippen molar-refractivity contribution in [3.8, 4) is 5.75 Å². The van der Waals surface area contributed by atoms with E-state index in [4.69, 9.17) is 5.11 Å². The average Bonchev–Trinajstić information content (AvgIpc) is 2.92. The predicted molar refractivity (Wildman–Crippen MR) is 58.8 cm³/mol. The van der Waals surface area contributed by atoms with Crippen LogP contribution in [0.25, 0.3) is 0 Å². The van der Waals surface area contributed by atoms with Gasteiger partial charge in [-0.1, -0.05) is 15.9 Å². The number of phenols is 1. The third-order valence-electron chi connectivity index (χ3n) is 2.87. The zero-order valence-electron chi connectivity index (χ0n) is 8.03. The number of carbonyl (C=O) groups is 1. The number of halogens is 1. The molecule has 0 heterocycles. The summed E-state index contributed by atoms with van der Waals surface area (Å²) >= 11 is 3.36. The average molecular weight is 271 g/mol. The van der Waals surface area contributed by atoms with Gasteiger partial charge in [-0.15, -0.1) is 0 Å². The van der Waals surface area contributed by atoms with Gasteiger partial charge in [-0.3, -0.25) is 4.79 Å². The molecule has 0 bridgehead atoms. The van der Waals surface area contributed by atoms with Crippen LogP contribution in [0, 0.1) is 5.41 Å². The first-order chi connectivity index (χ1) is 7.03. The maximum absolute atomic E-state index is 11.0. The molecule has 0 spiro atoms. The lowest BCUT2D eigenvalue weighted by Gasteiger charge is -2.11. The van der Waals surface area contributed by atoms with Crippen LogP contribution < -0.4 is 0 Å². The number of benzene rings is 1. The highest BCUT2D eigenvalue weighted by atomic mass is 79.9. The van der Waals surface area contributed by atoms with Crippen LogP contribution in [0.3, 0.4) is 0 Å². The van der Waals surface area contributed by atoms with E-state index < -0.39 is 11.4 Å². The minimum absolute atomic E-state index is 0.175. The first kappa shape index (κ1) is 10.5. The first-order valence-electron chi connectivity index (χ1n) is 4.74. The van der Waals surface area contributed by atoms with Crippen LogP contribution in [0.15, 0.2) is 22.7 Å². The van der Waals surface area contributed by atoms with Crippen LogP contribution in [-0.2, 0) is 11.2 Å². The summed E-state index contributed by atoms with van der Waals surface area (Å²) in [4.78, 5) is 11.0. The van der Waals surface area contributed by atoms with Crippen molar-refractivity contribution in [2.45, 2.75) is 19.3 Å². The maximum Gasteiger partial charge on any atom is 0.309 e. The SMILES string of the molecule is O=C(O)C1(Cc2cc(O)ccc2Br)CC1. The fraction of sp³-hybridized carbons (Fsp3) is 0.364. The van der Waals surface area contributed by atoms with Crippen LogP contribution in [0.5, 0.6) is 5.75 Å². The summed E-state index contributed by atoms with van der Waals surface area (Å²) in [6.45, 7) is 0. The topological polar surface area (TPSA) is 57.5 Å². The molecule has 2 N–H and O–H groups in total. The molecule has 1 aliphatic carbocycles. The Kier molecular flexibility index (Phi) is 2.46. The molecule has 1 aliphatic rings. The second kappa shape index (κ2) is 3.52. The Bertz CT molecular complexity index is 410. The van der Waals surface area contributed by atoms with Gasteiger partial charge in [0.2, 0.25) is 0 Å². The second-order valence-corrected chi connectivity index (χ2v) is 4.89. The van der Waals surface area contributed by atoms with Crippen LogP contribution in [-0.4, -0.2) is 16.2 Å². The van der Waals surface area contributed by atoms with E-state index in [-0.39, 0.29) is 5.75 Å². The Labute approximate surface area is 95.9 Å². The summed E-state index contributed by atoms with van der Waals surface area (Å²) in [6.07, 6.45) is 1.94. The third-order valence-corrected chi connectivity index (χ3v) is 3.64. The van der Waals surface area contributed by atoms with Gasteiger partial charge in [-0.2, -0.15) is 0 Å². The van der Waals surface area contributed by atoms with E-state index >= 15 is 0 Å². The highest BCUT2D eigenvalue weighted by molar-refractivity contribution is 9.10. The molecule has 0 aromatic heterocycles. The minimum Gasteiger partial charge on any atom is -0.508 e. The van der Waals surface area contributed by atoms with Crippen molar-refractivity contribution in [2.24, 2.45) is 5.41 Å². The van der Waals surface area contributed by atoms with Crippen LogP contribution >= 0.6 is 15.9 Å². The van der Waals surface area contributed by atoms with Crippen molar-refractivity contribution in [3.05, 3.63) is 28.2 Å². The molecule has 0 amide bonds. The monoisotopic (exact) mass is 270 g/mol.